The quantitative estimate of drug-likeness (QED) is 0.0411. The fourth-order valence-corrected chi connectivity index (χ4v) is 5.36. The van der Waals surface area contributed by atoms with Gasteiger partial charge in [-0.3, -0.25) is 4.79 Å². The average Bonchev–Trinajstić information content (AvgIpc) is 3.07. The van der Waals surface area contributed by atoms with E-state index in [0.717, 1.165) is 57.8 Å². The SMILES string of the molecule is CCCCC/C=C\C/C=C\CCCCCCCCOC(CNC(=O)OC(C)(C)C)COC(=O)CCCCCCC/C=C\C/C=C\CCCCC. The van der Waals surface area contributed by atoms with Gasteiger partial charge in [0.15, 0.2) is 0 Å². The highest BCUT2D eigenvalue weighted by molar-refractivity contribution is 5.69. The molecule has 0 fully saturated rings. The Bertz CT molecular complexity index is 885. The lowest BCUT2D eigenvalue weighted by molar-refractivity contribution is -0.148. The van der Waals surface area contributed by atoms with Crippen LogP contribution in [0.25, 0.3) is 0 Å². The third kappa shape index (κ3) is 38.5. The maximum atomic E-state index is 12.4. The molecule has 0 radical (unpaired) electrons. The first-order valence-electron chi connectivity index (χ1n) is 20.6. The van der Waals surface area contributed by atoms with Crippen LogP contribution in [0.3, 0.4) is 0 Å². The van der Waals surface area contributed by atoms with Crippen molar-refractivity contribution in [1.82, 2.24) is 5.32 Å². The highest BCUT2D eigenvalue weighted by Gasteiger charge is 2.19. The zero-order chi connectivity index (χ0) is 36.8. The molecule has 0 aliphatic rings. The van der Waals surface area contributed by atoms with Gasteiger partial charge < -0.3 is 19.5 Å². The lowest BCUT2D eigenvalue weighted by atomic mass is 10.1. The molecule has 0 aromatic carbocycles. The first kappa shape index (κ1) is 47.7. The predicted octanol–water partition coefficient (Wildman–Crippen LogP) is 13.1. The van der Waals surface area contributed by atoms with Crippen molar-refractivity contribution in [3.8, 4) is 0 Å². The molecule has 6 heteroatoms. The van der Waals surface area contributed by atoms with Crippen molar-refractivity contribution in [3.63, 3.8) is 0 Å². The third-order valence-electron chi connectivity index (χ3n) is 8.33. The number of ether oxygens (including phenoxy) is 3. The molecular formula is C44H79NO5. The summed E-state index contributed by atoms with van der Waals surface area (Å²) >= 11 is 0. The molecule has 0 saturated carbocycles. The first-order chi connectivity index (χ1) is 24.3. The Morgan fingerprint density at radius 2 is 1.02 bits per heavy atom. The van der Waals surface area contributed by atoms with Crippen LogP contribution in [0.5, 0.6) is 0 Å². The molecule has 1 atom stereocenters. The van der Waals surface area contributed by atoms with Gasteiger partial charge >= 0.3 is 12.1 Å². The van der Waals surface area contributed by atoms with Gasteiger partial charge in [0, 0.05) is 13.0 Å². The average molecular weight is 702 g/mol. The van der Waals surface area contributed by atoms with Gasteiger partial charge in [-0.15, -0.1) is 0 Å². The molecule has 0 aliphatic heterocycles. The summed E-state index contributed by atoms with van der Waals surface area (Å²) in [6, 6.07) is 0. The molecule has 1 unspecified atom stereocenters. The monoisotopic (exact) mass is 702 g/mol. The second kappa shape index (κ2) is 36.5. The lowest BCUT2D eigenvalue weighted by Crippen LogP contribution is -2.40. The molecular weight excluding hydrogens is 622 g/mol. The predicted molar refractivity (Wildman–Crippen MR) is 214 cm³/mol. The molecule has 50 heavy (non-hydrogen) atoms. The van der Waals surface area contributed by atoms with Crippen molar-refractivity contribution in [2.45, 2.75) is 200 Å². The molecule has 0 rings (SSSR count). The van der Waals surface area contributed by atoms with Gasteiger partial charge in [0.05, 0.1) is 6.54 Å². The summed E-state index contributed by atoms with van der Waals surface area (Å²) in [7, 11) is 0. The van der Waals surface area contributed by atoms with E-state index >= 15 is 0 Å². The van der Waals surface area contributed by atoms with Crippen LogP contribution in [0.4, 0.5) is 4.79 Å². The number of alkyl carbamates (subject to hydrolysis) is 1. The van der Waals surface area contributed by atoms with Crippen LogP contribution in [-0.2, 0) is 19.0 Å². The number of allylic oxidation sites excluding steroid dienone is 8. The summed E-state index contributed by atoms with van der Waals surface area (Å²) in [5.74, 6) is -0.199. The van der Waals surface area contributed by atoms with Crippen LogP contribution in [-0.4, -0.2) is 43.5 Å². The fraction of sp³-hybridized carbons (Fsp3) is 0.773. The topological polar surface area (TPSA) is 73.9 Å². The van der Waals surface area contributed by atoms with Gasteiger partial charge in [0.25, 0.3) is 0 Å². The molecule has 0 aliphatic carbocycles. The molecule has 1 amide bonds. The second-order valence-electron chi connectivity index (χ2n) is 14.6. The van der Waals surface area contributed by atoms with E-state index in [2.05, 4.69) is 67.8 Å². The van der Waals surface area contributed by atoms with Crippen molar-refractivity contribution < 1.29 is 23.8 Å². The largest absolute Gasteiger partial charge is 0.463 e. The maximum Gasteiger partial charge on any atom is 0.407 e. The molecule has 0 aromatic rings. The molecule has 0 bridgehead atoms. The van der Waals surface area contributed by atoms with Gasteiger partial charge in [-0.25, -0.2) is 4.79 Å². The van der Waals surface area contributed by atoms with E-state index < -0.39 is 17.8 Å². The van der Waals surface area contributed by atoms with Crippen molar-refractivity contribution in [1.29, 1.82) is 0 Å². The highest BCUT2D eigenvalue weighted by atomic mass is 16.6. The third-order valence-corrected chi connectivity index (χ3v) is 8.33. The second-order valence-corrected chi connectivity index (χ2v) is 14.6. The Balaban J connectivity index is 4.11. The Labute approximate surface area is 309 Å². The van der Waals surface area contributed by atoms with E-state index in [0.29, 0.717) is 13.0 Å². The van der Waals surface area contributed by atoms with E-state index in [-0.39, 0.29) is 19.1 Å². The van der Waals surface area contributed by atoms with Crippen LogP contribution < -0.4 is 5.32 Å². The van der Waals surface area contributed by atoms with Crippen molar-refractivity contribution in [2.24, 2.45) is 0 Å². The van der Waals surface area contributed by atoms with Gasteiger partial charge in [-0.1, -0.05) is 133 Å². The summed E-state index contributed by atoms with van der Waals surface area (Å²) < 4.78 is 17.0. The summed E-state index contributed by atoms with van der Waals surface area (Å²) in [5, 5.41) is 2.77. The van der Waals surface area contributed by atoms with Crippen LogP contribution in [0.1, 0.15) is 189 Å². The Kier molecular flexibility index (Phi) is 34.7. The first-order valence-corrected chi connectivity index (χ1v) is 20.6. The van der Waals surface area contributed by atoms with Gasteiger partial charge in [-0.2, -0.15) is 0 Å². The number of amides is 1. The minimum atomic E-state index is -0.574. The summed E-state index contributed by atoms with van der Waals surface area (Å²) in [6.07, 6.45) is 44.9. The van der Waals surface area contributed by atoms with Gasteiger partial charge in [0.1, 0.15) is 18.3 Å². The minimum absolute atomic E-state index is 0.136. The standard InChI is InChI=1S/C44H79NO5/c1-6-8-10-12-14-16-18-20-22-24-26-28-30-32-34-36-38-48-41(39-45-43(47)50-44(3,4)5)40-49-42(46)37-35-33-31-29-27-25-23-21-19-17-15-13-11-9-7-2/h14-17,20-23,41H,6-13,18-19,24-40H2,1-5H3,(H,45,47)/b16-14-,17-15-,22-20-,23-21-. The van der Waals surface area contributed by atoms with Crippen LogP contribution >= 0.6 is 0 Å². The van der Waals surface area contributed by atoms with E-state index in [1.165, 1.54) is 89.9 Å². The Hall–Kier alpha value is -2.34. The van der Waals surface area contributed by atoms with E-state index in [4.69, 9.17) is 14.2 Å². The van der Waals surface area contributed by atoms with Crippen molar-refractivity contribution in [3.05, 3.63) is 48.6 Å². The number of hydrogen-bond donors (Lipinski definition) is 1. The van der Waals surface area contributed by atoms with Crippen molar-refractivity contribution in [2.75, 3.05) is 19.8 Å². The smallest absolute Gasteiger partial charge is 0.407 e. The zero-order valence-electron chi connectivity index (χ0n) is 33.3. The number of nitrogens with one attached hydrogen (secondary N) is 1. The van der Waals surface area contributed by atoms with Crippen molar-refractivity contribution >= 4 is 12.1 Å². The molecule has 0 saturated heterocycles. The molecule has 6 nitrogen and oxygen atoms in total. The maximum absolute atomic E-state index is 12.4. The number of esters is 1. The number of unbranched alkanes of at least 4 members (excludes halogenated alkanes) is 17. The number of carbonyl (C=O) groups excluding carboxylic acids is 2. The van der Waals surface area contributed by atoms with Gasteiger partial charge in [0.2, 0.25) is 0 Å². The highest BCUT2D eigenvalue weighted by Crippen LogP contribution is 2.12. The summed E-state index contributed by atoms with van der Waals surface area (Å²) in [6.45, 7) is 10.9. The minimum Gasteiger partial charge on any atom is -0.463 e. The van der Waals surface area contributed by atoms with Gasteiger partial charge in [-0.05, 0) is 97.8 Å². The molecule has 0 heterocycles. The molecule has 290 valence electrons. The Morgan fingerprint density at radius 1 is 0.580 bits per heavy atom. The zero-order valence-corrected chi connectivity index (χ0v) is 33.3. The van der Waals surface area contributed by atoms with E-state index in [1.54, 1.807) is 0 Å². The number of rotatable bonds is 34. The number of hydrogen-bond acceptors (Lipinski definition) is 5. The van der Waals surface area contributed by atoms with E-state index in [9.17, 15) is 9.59 Å². The number of carbonyl (C=O) groups is 2. The fourth-order valence-electron chi connectivity index (χ4n) is 5.36. The molecule has 0 spiro atoms. The lowest BCUT2D eigenvalue weighted by Gasteiger charge is -2.22. The van der Waals surface area contributed by atoms with Crippen LogP contribution in [0.2, 0.25) is 0 Å². The molecule has 1 N–H and O–H groups in total. The van der Waals surface area contributed by atoms with Crippen LogP contribution in [0, 0.1) is 0 Å². The summed E-state index contributed by atoms with van der Waals surface area (Å²) in [4.78, 5) is 24.6. The molecule has 0 aromatic heterocycles. The Morgan fingerprint density at radius 3 is 1.50 bits per heavy atom. The normalized spacial score (nSPS) is 12.9. The van der Waals surface area contributed by atoms with E-state index in [1.807, 2.05) is 20.8 Å². The van der Waals surface area contributed by atoms with Crippen LogP contribution in [0.15, 0.2) is 48.6 Å². The summed E-state index contributed by atoms with van der Waals surface area (Å²) in [5.41, 5.74) is -0.574.